The Labute approximate surface area is 181 Å². The van der Waals surface area contributed by atoms with Gasteiger partial charge in [0.05, 0.1) is 0 Å². The molecular weight excluding hydrogens is 398 g/mol. The number of nitrogens with one attached hydrogen (secondary N) is 1. The van der Waals surface area contributed by atoms with Crippen LogP contribution in [0.4, 0.5) is 10.5 Å². The number of hydrogen-bond donors (Lipinski definition) is 1. The molecule has 1 N–H and O–H groups in total. The Bertz CT molecular complexity index is 970. The van der Waals surface area contributed by atoms with Crippen molar-refractivity contribution in [1.82, 2.24) is 4.98 Å². The number of aliphatic imine (C=N–C) groups is 1. The first-order chi connectivity index (χ1) is 14.1. The zero-order valence-corrected chi connectivity index (χ0v) is 18.7. The number of thiazole rings is 1. The van der Waals surface area contributed by atoms with E-state index in [4.69, 9.17) is 4.74 Å². The number of carbonyl (C=O) groups is 2. The number of carbonyl (C=O) groups excluding carboxylic acids is 2. The van der Waals surface area contributed by atoms with Crippen molar-refractivity contribution in [3.8, 4) is 0 Å². The van der Waals surface area contributed by atoms with Crippen LogP contribution in [0.3, 0.4) is 0 Å². The van der Waals surface area contributed by atoms with E-state index in [9.17, 15) is 9.59 Å². The van der Waals surface area contributed by atoms with Gasteiger partial charge in [-0.15, -0.1) is 11.3 Å². The van der Waals surface area contributed by atoms with Gasteiger partial charge in [0.15, 0.2) is 11.3 Å². The van der Waals surface area contributed by atoms with E-state index in [1.165, 1.54) is 11.3 Å². The van der Waals surface area contributed by atoms with Crippen molar-refractivity contribution in [2.45, 2.75) is 58.1 Å². The summed E-state index contributed by atoms with van der Waals surface area (Å²) in [5.41, 5.74) is -0.169. The average Bonchev–Trinajstić information content (AvgIpc) is 3.32. The van der Waals surface area contributed by atoms with Crippen molar-refractivity contribution in [2.75, 3.05) is 5.32 Å². The summed E-state index contributed by atoms with van der Waals surface area (Å²) in [5.74, 6) is 0.313. The minimum Gasteiger partial charge on any atom is -0.444 e. The molecule has 0 spiro atoms. The average molecular weight is 426 g/mol. The maximum atomic E-state index is 13.2. The first kappa shape index (κ1) is 21.9. The Balaban J connectivity index is 1.72. The molecule has 0 saturated carbocycles. The Morgan fingerprint density at radius 2 is 1.90 bits per heavy atom. The number of amides is 1. The molecule has 1 aliphatic heterocycles. The Kier molecular flexibility index (Phi) is 6.22. The van der Waals surface area contributed by atoms with Gasteiger partial charge in [0.1, 0.15) is 10.6 Å². The van der Waals surface area contributed by atoms with Crippen molar-refractivity contribution in [1.29, 1.82) is 0 Å². The number of nitrogens with zero attached hydrogens (tertiary/aromatic N) is 2. The predicted octanol–water partition coefficient (Wildman–Crippen LogP) is 5.26. The second-order valence-corrected chi connectivity index (χ2v) is 9.61. The Morgan fingerprint density at radius 3 is 2.43 bits per heavy atom. The third-order valence-corrected chi connectivity index (χ3v) is 5.93. The normalized spacial score (nSPS) is 18.1. The highest BCUT2D eigenvalue weighted by atomic mass is 32.1. The maximum Gasteiger partial charge on any atom is 0.412 e. The third kappa shape index (κ3) is 5.02. The van der Waals surface area contributed by atoms with Gasteiger partial charge >= 0.3 is 6.09 Å². The fraction of sp³-hybridized carbons (Fsp3) is 0.391. The predicted molar refractivity (Wildman–Crippen MR) is 121 cm³/mol. The van der Waals surface area contributed by atoms with Crippen LogP contribution >= 0.6 is 11.3 Å². The molecular formula is C23H27N3O3S. The zero-order chi connectivity index (χ0) is 21.9. The van der Waals surface area contributed by atoms with E-state index in [1.807, 2.05) is 45.2 Å². The van der Waals surface area contributed by atoms with Gasteiger partial charge in [-0.3, -0.25) is 15.1 Å². The number of hydrogen-bond acceptors (Lipinski definition) is 6. The fourth-order valence-corrected chi connectivity index (χ4v) is 4.03. The smallest absolute Gasteiger partial charge is 0.412 e. The molecule has 2 heterocycles. The molecule has 0 saturated heterocycles. The quantitative estimate of drug-likeness (QED) is 0.684. The van der Waals surface area contributed by atoms with Crippen LogP contribution in [0.1, 0.15) is 56.0 Å². The van der Waals surface area contributed by atoms with Gasteiger partial charge < -0.3 is 4.74 Å². The summed E-state index contributed by atoms with van der Waals surface area (Å²) in [5, 5.41) is 3.39. The van der Waals surface area contributed by atoms with Crippen molar-refractivity contribution in [3.63, 3.8) is 0 Å². The lowest BCUT2D eigenvalue weighted by Crippen LogP contribution is -2.32. The number of ketones is 1. The molecule has 1 aromatic heterocycles. The molecule has 0 bridgehead atoms. The van der Waals surface area contributed by atoms with Crippen molar-refractivity contribution in [3.05, 3.63) is 58.1 Å². The van der Waals surface area contributed by atoms with E-state index in [-0.39, 0.29) is 12.2 Å². The van der Waals surface area contributed by atoms with Gasteiger partial charge in [-0.05, 0) is 56.5 Å². The van der Waals surface area contributed by atoms with Gasteiger partial charge in [-0.25, -0.2) is 9.78 Å². The number of anilines is 1. The second-order valence-electron chi connectivity index (χ2n) is 8.55. The summed E-state index contributed by atoms with van der Waals surface area (Å²) in [6, 6.07) is 7.16. The third-order valence-electron chi connectivity index (χ3n) is 4.51. The Hall–Kier alpha value is -2.80. The molecule has 158 valence electrons. The summed E-state index contributed by atoms with van der Waals surface area (Å²) in [6.45, 7) is 9.63. The standard InChI is InChI=1S/C23H27N3O3S/c1-15(2)18-14-24-20(30-18)23(11-6-12-25-23)19(27)13-16-7-9-17(10-8-16)26-21(28)29-22(3,4)5/h6-12,14-15H,13H2,1-5H3,(H,26,28). The first-order valence-corrected chi connectivity index (χ1v) is 10.7. The highest BCUT2D eigenvalue weighted by molar-refractivity contribution is 7.12. The van der Waals surface area contributed by atoms with Crippen LogP contribution in [0.15, 0.2) is 47.6 Å². The monoisotopic (exact) mass is 425 g/mol. The van der Waals surface area contributed by atoms with Crippen LogP contribution in [0.5, 0.6) is 0 Å². The number of ether oxygens (including phenoxy) is 1. The Morgan fingerprint density at radius 1 is 1.20 bits per heavy atom. The van der Waals surface area contributed by atoms with Crippen LogP contribution in [0.25, 0.3) is 0 Å². The molecule has 0 fully saturated rings. The van der Waals surface area contributed by atoms with Crippen LogP contribution in [0.2, 0.25) is 0 Å². The van der Waals surface area contributed by atoms with Crippen molar-refractivity contribution in [2.24, 2.45) is 4.99 Å². The largest absolute Gasteiger partial charge is 0.444 e. The van der Waals surface area contributed by atoms with Gasteiger partial charge in [-0.1, -0.05) is 26.0 Å². The molecule has 1 amide bonds. The van der Waals surface area contributed by atoms with E-state index in [0.717, 1.165) is 10.4 Å². The first-order valence-electron chi connectivity index (χ1n) is 9.90. The van der Waals surface area contributed by atoms with Crippen molar-refractivity contribution >= 4 is 35.1 Å². The van der Waals surface area contributed by atoms with Gasteiger partial charge in [-0.2, -0.15) is 0 Å². The van der Waals surface area contributed by atoms with Gasteiger partial charge in [0, 0.05) is 29.4 Å². The number of allylic oxidation sites excluding steroid dienone is 1. The summed E-state index contributed by atoms with van der Waals surface area (Å²) in [4.78, 5) is 35.3. The highest BCUT2D eigenvalue weighted by Gasteiger charge is 2.41. The molecule has 1 atom stereocenters. The van der Waals surface area contributed by atoms with Crippen LogP contribution in [0, 0.1) is 0 Å². The van der Waals surface area contributed by atoms with Crippen molar-refractivity contribution < 1.29 is 14.3 Å². The molecule has 6 nitrogen and oxygen atoms in total. The molecule has 0 radical (unpaired) electrons. The lowest BCUT2D eigenvalue weighted by Gasteiger charge is -2.21. The zero-order valence-electron chi connectivity index (χ0n) is 17.9. The second kappa shape index (κ2) is 8.52. The summed E-state index contributed by atoms with van der Waals surface area (Å²) < 4.78 is 5.25. The van der Waals surface area contributed by atoms with E-state index in [1.54, 1.807) is 24.4 Å². The number of benzene rings is 1. The van der Waals surface area contributed by atoms with E-state index < -0.39 is 17.2 Å². The molecule has 0 aliphatic carbocycles. The van der Waals surface area contributed by atoms with Crippen LogP contribution in [-0.4, -0.2) is 28.7 Å². The summed E-state index contributed by atoms with van der Waals surface area (Å²) in [7, 11) is 0. The lowest BCUT2D eigenvalue weighted by atomic mass is 9.91. The molecule has 30 heavy (non-hydrogen) atoms. The molecule has 1 unspecified atom stereocenters. The van der Waals surface area contributed by atoms with E-state index in [0.29, 0.717) is 16.6 Å². The fourth-order valence-electron chi connectivity index (χ4n) is 2.97. The number of aromatic nitrogens is 1. The van der Waals surface area contributed by atoms with Gasteiger partial charge in [0.25, 0.3) is 0 Å². The van der Waals surface area contributed by atoms with Crippen LogP contribution < -0.4 is 5.32 Å². The summed E-state index contributed by atoms with van der Waals surface area (Å²) >= 11 is 1.53. The summed E-state index contributed by atoms with van der Waals surface area (Å²) in [6.07, 6.45) is 6.80. The molecule has 7 heteroatoms. The van der Waals surface area contributed by atoms with Crippen LogP contribution in [-0.2, 0) is 21.5 Å². The minimum atomic E-state index is -1.05. The van der Waals surface area contributed by atoms with E-state index in [2.05, 4.69) is 29.1 Å². The lowest BCUT2D eigenvalue weighted by molar-refractivity contribution is -0.122. The number of Topliss-reactive ketones (excluding diaryl/α,β-unsaturated/α-hetero) is 1. The highest BCUT2D eigenvalue weighted by Crippen LogP contribution is 2.37. The topological polar surface area (TPSA) is 80.7 Å². The number of rotatable bonds is 6. The SMILES string of the molecule is CC(C)c1cnc(C2(C(=O)Cc3ccc(NC(=O)OC(C)(C)C)cc3)C=CC=N2)s1. The minimum absolute atomic E-state index is 0.0370. The maximum absolute atomic E-state index is 13.2. The van der Waals surface area contributed by atoms with Gasteiger partial charge in [0.2, 0.25) is 0 Å². The molecule has 1 aliphatic rings. The molecule has 2 aromatic rings. The molecule has 1 aromatic carbocycles. The molecule has 3 rings (SSSR count). The van der Waals surface area contributed by atoms with E-state index >= 15 is 0 Å².